The predicted octanol–water partition coefficient (Wildman–Crippen LogP) is 0.637. The molecule has 1 fully saturated rings. The highest BCUT2D eigenvalue weighted by atomic mass is 32.2. The van der Waals surface area contributed by atoms with E-state index in [1.54, 1.807) is 4.52 Å². The zero-order valence-corrected chi connectivity index (χ0v) is 10.8. The van der Waals surface area contributed by atoms with Crippen LogP contribution in [-0.4, -0.2) is 40.6 Å². The van der Waals surface area contributed by atoms with Gasteiger partial charge >= 0.3 is 0 Å². The SMILES string of the molecule is Cc1ccn2nc(NC3CCS(=O)(=O)C3)nc2c1. The first kappa shape index (κ1) is 11.5. The van der Waals surface area contributed by atoms with Crippen molar-refractivity contribution in [1.82, 2.24) is 14.6 Å². The average Bonchev–Trinajstić information content (AvgIpc) is 2.81. The maximum atomic E-state index is 11.4. The van der Waals surface area contributed by atoms with E-state index in [0.29, 0.717) is 12.4 Å². The molecule has 1 saturated heterocycles. The van der Waals surface area contributed by atoms with Crippen LogP contribution >= 0.6 is 0 Å². The molecule has 0 saturated carbocycles. The summed E-state index contributed by atoms with van der Waals surface area (Å²) in [5.74, 6) is 0.904. The standard InChI is InChI=1S/C11H14N4O2S/c1-8-2-4-15-10(6-8)13-11(14-15)12-9-3-5-18(16,17)7-9/h2,4,6,9H,3,5,7H2,1H3,(H,12,14). The van der Waals surface area contributed by atoms with Crippen LogP contribution in [0.5, 0.6) is 0 Å². The second-order valence-corrected chi connectivity index (χ2v) is 6.92. The van der Waals surface area contributed by atoms with E-state index < -0.39 is 9.84 Å². The molecule has 1 atom stereocenters. The van der Waals surface area contributed by atoms with Gasteiger partial charge in [0, 0.05) is 12.2 Å². The first-order valence-electron chi connectivity index (χ1n) is 5.82. The molecule has 1 unspecified atom stereocenters. The number of hydrogen-bond acceptors (Lipinski definition) is 5. The highest BCUT2D eigenvalue weighted by molar-refractivity contribution is 7.91. The van der Waals surface area contributed by atoms with E-state index in [1.165, 1.54) is 0 Å². The number of nitrogens with zero attached hydrogens (tertiary/aromatic N) is 3. The predicted molar refractivity (Wildman–Crippen MR) is 68.4 cm³/mol. The van der Waals surface area contributed by atoms with Gasteiger partial charge in [-0.3, -0.25) is 0 Å². The first-order valence-corrected chi connectivity index (χ1v) is 7.64. The molecule has 2 aromatic rings. The van der Waals surface area contributed by atoms with Gasteiger partial charge in [0.05, 0.1) is 11.5 Å². The fourth-order valence-electron chi connectivity index (χ4n) is 2.14. The Labute approximate surface area is 105 Å². The molecule has 0 spiro atoms. The molecule has 7 heteroatoms. The minimum absolute atomic E-state index is 0.0755. The Hall–Kier alpha value is -1.63. The zero-order valence-electron chi connectivity index (χ0n) is 10.00. The summed E-state index contributed by atoms with van der Waals surface area (Å²) in [6, 6.07) is 3.81. The quantitative estimate of drug-likeness (QED) is 0.863. The third-order valence-electron chi connectivity index (χ3n) is 3.06. The summed E-state index contributed by atoms with van der Waals surface area (Å²) in [4.78, 5) is 4.33. The van der Waals surface area contributed by atoms with Crippen molar-refractivity contribution in [3.8, 4) is 0 Å². The Balaban J connectivity index is 1.83. The smallest absolute Gasteiger partial charge is 0.243 e. The van der Waals surface area contributed by atoms with Crippen molar-refractivity contribution in [3.63, 3.8) is 0 Å². The lowest BCUT2D eigenvalue weighted by Gasteiger charge is -2.06. The van der Waals surface area contributed by atoms with E-state index in [2.05, 4.69) is 15.4 Å². The van der Waals surface area contributed by atoms with Gasteiger partial charge in [0.25, 0.3) is 0 Å². The summed E-state index contributed by atoms with van der Waals surface area (Å²) in [6.07, 6.45) is 2.46. The summed E-state index contributed by atoms with van der Waals surface area (Å²) in [5, 5.41) is 7.35. The first-order chi connectivity index (χ1) is 8.52. The number of nitrogens with one attached hydrogen (secondary N) is 1. The highest BCUT2D eigenvalue weighted by Gasteiger charge is 2.28. The van der Waals surface area contributed by atoms with Crippen molar-refractivity contribution >= 4 is 21.4 Å². The van der Waals surface area contributed by atoms with Crippen LogP contribution in [0, 0.1) is 6.92 Å². The lowest BCUT2D eigenvalue weighted by atomic mass is 10.3. The van der Waals surface area contributed by atoms with Crippen LogP contribution in [0.2, 0.25) is 0 Å². The minimum atomic E-state index is -2.88. The monoisotopic (exact) mass is 266 g/mol. The Morgan fingerprint density at radius 3 is 3.06 bits per heavy atom. The molecule has 18 heavy (non-hydrogen) atoms. The van der Waals surface area contributed by atoms with E-state index in [1.807, 2.05) is 25.3 Å². The number of aromatic nitrogens is 3. The topological polar surface area (TPSA) is 76.4 Å². The molecule has 0 radical (unpaired) electrons. The van der Waals surface area contributed by atoms with Crippen LogP contribution < -0.4 is 5.32 Å². The molecule has 3 rings (SSSR count). The zero-order chi connectivity index (χ0) is 12.8. The molecule has 0 aromatic carbocycles. The fraction of sp³-hybridized carbons (Fsp3) is 0.455. The molecule has 0 aliphatic carbocycles. The molecule has 1 N–H and O–H groups in total. The summed E-state index contributed by atoms with van der Waals surface area (Å²) in [7, 11) is -2.88. The van der Waals surface area contributed by atoms with Crippen molar-refractivity contribution in [2.24, 2.45) is 0 Å². The third-order valence-corrected chi connectivity index (χ3v) is 4.83. The maximum Gasteiger partial charge on any atom is 0.243 e. The Morgan fingerprint density at radius 2 is 2.33 bits per heavy atom. The largest absolute Gasteiger partial charge is 0.349 e. The summed E-state index contributed by atoms with van der Waals surface area (Å²) in [5.41, 5.74) is 1.88. The molecule has 6 nitrogen and oxygen atoms in total. The summed E-state index contributed by atoms with van der Waals surface area (Å²) in [6.45, 7) is 1.99. The number of pyridine rings is 1. The minimum Gasteiger partial charge on any atom is -0.349 e. The van der Waals surface area contributed by atoms with Crippen molar-refractivity contribution in [1.29, 1.82) is 0 Å². The summed E-state index contributed by atoms with van der Waals surface area (Å²) >= 11 is 0. The van der Waals surface area contributed by atoms with E-state index in [9.17, 15) is 8.42 Å². The average molecular weight is 266 g/mol. The lowest BCUT2D eigenvalue weighted by molar-refractivity contribution is 0.602. The number of aryl methyl sites for hydroxylation is 1. The number of sulfone groups is 1. The van der Waals surface area contributed by atoms with Gasteiger partial charge in [-0.15, -0.1) is 5.10 Å². The molecule has 0 amide bonds. The van der Waals surface area contributed by atoms with Gasteiger partial charge in [-0.2, -0.15) is 4.98 Å². The van der Waals surface area contributed by atoms with Crippen LogP contribution in [0.1, 0.15) is 12.0 Å². The van der Waals surface area contributed by atoms with Crippen molar-refractivity contribution in [2.45, 2.75) is 19.4 Å². The van der Waals surface area contributed by atoms with Crippen LogP contribution in [0.15, 0.2) is 18.3 Å². The van der Waals surface area contributed by atoms with E-state index in [4.69, 9.17) is 0 Å². The number of fused-ring (bicyclic) bond motifs is 1. The number of rotatable bonds is 2. The Kier molecular flexibility index (Phi) is 2.51. The highest BCUT2D eigenvalue weighted by Crippen LogP contribution is 2.16. The Morgan fingerprint density at radius 1 is 1.50 bits per heavy atom. The Bertz CT molecular complexity index is 692. The maximum absolute atomic E-state index is 11.4. The molecule has 0 bridgehead atoms. The van der Waals surface area contributed by atoms with E-state index in [0.717, 1.165) is 11.2 Å². The van der Waals surface area contributed by atoms with Gasteiger partial charge in [-0.1, -0.05) is 0 Å². The van der Waals surface area contributed by atoms with Gasteiger partial charge in [0.15, 0.2) is 15.5 Å². The second kappa shape index (κ2) is 3.94. The van der Waals surface area contributed by atoms with Crippen molar-refractivity contribution in [3.05, 3.63) is 23.9 Å². The van der Waals surface area contributed by atoms with Gasteiger partial charge in [0.2, 0.25) is 5.95 Å². The molecule has 1 aliphatic rings. The second-order valence-electron chi connectivity index (χ2n) is 4.69. The van der Waals surface area contributed by atoms with E-state index in [-0.39, 0.29) is 17.5 Å². The number of anilines is 1. The molecular weight excluding hydrogens is 252 g/mol. The van der Waals surface area contributed by atoms with Crippen LogP contribution in [0.3, 0.4) is 0 Å². The molecule has 1 aliphatic heterocycles. The van der Waals surface area contributed by atoms with Gasteiger partial charge in [-0.25, -0.2) is 12.9 Å². The molecule has 2 aromatic heterocycles. The van der Waals surface area contributed by atoms with E-state index >= 15 is 0 Å². The van der Waals surface area contributed by atoms with Gasteiger partial charge in [0.1, 0.15) is 0 Å². The molecule has 96 valence electrons. The van der Waals surface area contributed by atoms with Gasteiger partial charge < -0.3 is 5.32 Å². The van der Waals surface area contributed by atoms with Crippen LogP contribution in [-0.2, 0) is 9.84 Å². The lowest BCUT2D eigenvalue weighted by Crippen LogP contribution is -2.21. The molecule has 3 heterocycles. The van der Waals surface area contributed by atoms with Crippen LogP contribution in [0.25, 0.3) is 5.65 Å². The van der Waals surface area contributed by atoms with Crippen molar-refractivity contribution < 1.29 is 8.42 Å². The fourth-order valence-corrected chi connectivity index (χ4v) is 3.81. The van der Waals surface area contributed by atoms with Gasteiger partial charge in [-0.05, 0) is 31.0 Å². The number of hydrogen-bond donors (Lipinski definition) is 1. The van der Waals surface area contributed by atoms with Crippen molar-refractivity contribution in [2.75, 3.05) is 16.8 Å². The molecular formula is C11H14N4O2S. The summed E-state index contributed by atoms with van der Waals surface area (Å²) < 4.78 is 24.4. The third kappa shape index (κ3) is 2.17. The van der Waals surface area contributed by atoms with Crippen LogP contribution in [0.4, 0.5) is 5.95 Å². The normalized spacial score (nSPS) is 22.4.